The number of amides is 1. The van der Waals surface area contributed by atoms with Gasteiger partial charge < -0.3 is 5.32 Å². The SMILES string of the molecule is CCCCNC(=O)[C@@H](C)NS(=O)(=O)c1ccccc1. The van der Waals surface area contributed by atoms with Crippen molar-refractivity contribution in [3.05, 3.63) is 30.3 Å². The lowest BCUT2D eigenvalue weighted by molar-refractivity contribution is -0.122. The van der Waals surface area contributed by atoms with Crippen LogP contribution in [0.1, 0.15) is 26.7 Å². The molecular formula is C13H20N2O3S. The summed E-state index contributed by atoms with van der Waals surface area (Å²) in [6, 6.07) is 7.21. The van der Waals surface area contributed by atoms with Crippen molar-refractivity contribution in [3.63, 3.8) is 0 Å². The maximum Gasteiger partial charge on any atom is 0.241 e. The summed E-state index contributed by atoms with van der Waals surface area (Å²) in [7, 11) is -3.65. The van der Waals surface area contributed by atoms with Crippen LogP contribution in [0.2, 0.25) is 0 Å². The molecule has 0 spiro atoms. The molecule has 0 unspecified atom stereocenters. The Hall–Kier alpha value is -1.40. The number of benzene rings is 1. The third-order valence-electron chi connectivity index (χ3n) is 2.61. The zero-order valence-corrected chi connectivity index (χ0v) is 12.0. The fourth-order valence-electron chi connectivity index (χ4n) is 1.50. The third kappa shape index (κ3) is 5.00. The van der Waals surface area contributed by atoms with E-state index in [1.807, 2.05) is 6.92 Å². The van der Waals surface area contributed by atoms with Gasteiger partial charge in [-0.3, -0.25) is 4.79 Å². The fourth-order valence-corrected chi connectivity index (χ4v) is 2.72. The number of rotatable bonds is 7. The van der Waals surface area contributed by atoms with Crippen LogP contribution < -0.4 is 10.0 Å². The van der Waals surface area contributed by atoms with Gasteiger partial charge >= 0.3 is 0 Å². The zero-order valence-electron chi connectivity index (χ0n) is 11.2. The predicted molar refractivity (Wildman–Crippen MR) is 74.1 cm³/mol. The Kier molecular flexibility index (Phi) is 5.98. The molecule has 1 aromatic carbocycles. The summed E-state index contributed by atoms with van der Waals surface area (Å²) in [5, 5.41) is 2.69. The molecule has 0 saturated heterocycles. The second-order valence-corrected chi connectivity index (χ2v) is 6.01. The summed E-state index contributed by atoms with van der Waals surface area (Å²) in [6.45, 7) is 4.11. The van der Waals surface area contributed by atoms with Gasteiger partial charge in [-0.05, 0) is 25.5 Å². The number of hydrogen-bond acceptors (Lipinski definition) is 3. The highest BCUT2D eigenvalue weighted by molar-refractivity contribution is 7.89. The van der Waals surface area contributed by atoms with Crippen molar-refractivity contribution in [2.75, 3.05) is 6.54 Å². The molecular weight excluding hydrogens is 264 g/mol. The Morgan fingerprint density at radius 2 is 1.89 bits per heavy atom. The number of nitrogens with one attached hydrogen (secondary N) is 2. The molecule has 6 heteroatoms. The molecule has 0 fully saturated rings. The first-order valence-electron chi connectivity index (χ1n) is 6.32. The van der Waals surface area contributed by atoms with Crippen molar-refractivity contribution in [1.29, 1.82) is 0 Å². The predicted octanol–water partition coefficient (Wildman–Crippen LogP) is 1.27. The molecule has 1 aromatic rings. The molecule has 0 aliphatic carbocycles. The van der Waals surface area contributed by atoms with Gasteiger partial charge in [-0.1, -0.05) is 31.5 Å². The Labute approximate surface area is 114 Å². The first kappa shape index (κ1) is 15.7. The van der Waals surface area contributed by atoms with E-state index in [4.69, 9.17) is 0 Å². The Morgan fingerprint density at radius 3 is 2.47 bits per heavy atom. The van der Waals surface area contributed by atoms with Crippen LogP contribution in [0.15, 0.2) is 35.2 Å². The average molecular weight is 284 g/mol. The number of unbranched alkanes of at least 4 members (excludes halogenated alkanes) is 1. The molecule has 1 amide bonds. The molecule has 1 atom stereocenters. The zero-order chi connectivity index (χ0) is 14.3. The fraction of sp³-hybridized carbons (Fsp3) is 0.462. The lowest BCUT2D eigenvalue weighted by Crippen LogP contribution is -2.44. The molecule has 2 N–H and O–H groups in total. The van der Waals surface area contributed by atoms with Gasteiger partial charge in [0.15, 0.2) is 0 Å². The average Bonchev–Trinajstić information content (AvgIpc) is 2.39. The summed E-state index contributed by atoms with van der Waals surface area (Å²) in [4.78, 5) is 11.8. The summed E-state index contributed by atoms with van der Waals surface area (Å²) in [5.41, 5.74) is 0. The van der Waals surface area contributed by atoms with E-state index in [1.54, 1.807) is 18.2 Å². The minimum Gasteiger partial charge on any atom is -0.355 e. The van der Waals surface area contributed by atoms with E-state index < -0.39 is 16.1 Å². The van der Waals surface area contributed by atoms with Crippen LogP contribution in [0, 0.1) is 0 Å². The molecule has 0 saturated carbocycles. The van der Waals surface area contributed by atoms with Crippen LogP contribution in [0.25, 0.3) is 0 Å². The van der Waals surface area contributed by atoms with Crippen LogP contribution in [0.5, 0.6) is 0 Å². The smallest absolute Gasteiger partial charge is 0.241 e. The van der Waals surface area contributed by atoms with Crippen LogP contribution >= 0.6 is 0 Å². The van der Waals surface area contributed by atoms with Crippen molar-refractivity contribution >= 4 is 15.9 Å². The van der Waals surface area contributed by atoms with Gasteiger partial charge in [-0.15, -0.1) is 0 Å². The van der Waals surface area contributed by atoms with Crippen LogP contribution in [0.3, 0.4) is 0 Å². The molecule has 5 nitrogen and oxygen atoms in total. The Balaban J connectivity index is 2.61. The molecule has 0 heterocycles. The van der Waals surface area contributed by atoms with E-state index in [-0.39, 0.29) is 10.8 Å². The standard InChI is InChI=1S/C13H20N2O3S/c1-3-4-10-14-13(16)11(2)15-19(17,18)12-8-6-5-7-9-12/h5-9,11,15H,3-4,10H2,1-2H3,(H,14,16)/t11-/m1/s1. The molecule has 106 valence electrons. The minimum absolute atomic E-state index is 0.156. The monoisotopic (exact) mass is 284 g/mol. The van der Waals surface area contributed by atoms with Crippen molar-refractivity contribution in [2.45, 2.75) is 37.6 Å². The Bertz CT molecular complexity index is 500. The summed E-state index contributed by atoms with van der Waals surface area (Å²) in [6.07, 6.45) is 1.86. The van der Waals surface area contributed by atoms with Gasteiger partial charge in [0.2, 0.25) is 15.9 Å². The molecule has 19 heavy (non-hydrogen) atoms. The van der Waals surface area contributed by atoms with Crippen molar-refractivity contribution in [2.24, 2.45) is 0 Å². The number of sulfonamides is 1. The number of hydrogen-bond donors (Lipinski definition) is 2. The molecule has 0 aromatic heterocycles. The van der Waals surface area contributed by atoms with Crippen molar-refractivity contribution in [3.8, 4) is 0 Å². The second-order valence-electron chi connectivity index (χ2n) is 4.30. The van der Waals surface area contributed by atoms with E-state index in [0.29, 0.717) is 6.54 Å². The van der Waals surface area contributed by atoms with Gasteiger partial charge in [-0.25, -0.2) is 8.42 Å². The second kappa shape index (κ2) is 7.25. The van der Waals surface area contributed by atoms with Gasteiger partial charge in [0.05, 0.1) is 10.9 Å². The van der Waals surface area contributed by atoms with Crippen LogP contribution in [-0.2, 0) is 14.8 Å². The molecule has 0 aliphatic rings. The lowest BCUT2D eigenvalue weighted by atomic mass is 10.3. The van der Waals surface area contributed by atoms with E-state index in [2.05, 4.69) is 10.0 Å². The normalized spacial score (nSPS) is 12.9. The molecule has 0 bridgehead atoms. The van der Waals surface area contributed by atoms with E-state index in [0.717, 1.165) is 12.8 Å². The van der Waals surface area contributed by atoms with E-state index >= 15 is 0 Å². The van der Waals surface area contributed by atoms with Gasteiger partial charge in [-0.2, -0.15) is 4.72 Å². The van der Waals surface area contributed by atoms with Gasteiger partial charge in [0.25, 0.3) is 0 Å². The lowest BCUT2D eigenvalue weighted by Gasteiger charge is -2.14. The van der Waals surface area contributed by atoms with Crippen molar-refractivity contribution in [1.82, 2.24) is 10.0 Å². The minimum atomic E-state index is -3.65. The quantitative estimate of drug-likeness (QED) is 0.740. The maximum absolute atomic E-state index is 12.0. The summed E-state index contributed by atoms with van der Waals surface area (Å²) in [5.74, 6) is -0.312. The molecule has 1 rings (SSSR count). The third-order valence-corrected chi connectivity index (χ3v) is 4.16. The van der Waals surface area contributed by atoms with Crippen LogP contribution in [0.4, 0.5) is 0 Å². The molecule has 0 aliphatic heterocycles. The topological polar surface area (TPSA) is 75.3 Å². The number of carbonyl (C=O) groups excluding carboxylic acids is 1. The highest BCUT2D eigenvalue weighted by atomic mass is 32.2. The van der Waals surface area contributed by atoms with Gasteiger partial charge in [0, 0.05) is 6.54 Å². The first-order chi connectivity index (χ1) is 8.97. The highest BCUT2D eigenvalue weighted by Crippen LogP contribution is 2.07. The Morgan fingerprint density at radius 1 is 1.26 bits per heavy atom. The van der Waals surface area contributed by atoms with Crippen LogP contribution in [-0.4, -0.2) is 26.9 Å². The van der Waals surface area contributed by atoms with E-state index in [1.165, 1.54) is 19.1 Å². The van der Waals surface area contributed by atoms with Gasteiger partial charge in [0.1, 0.15) is 0 Å². The number of carbonyl (C=O) groups is 1. The largest absolute Gasteiger partial charge is 0.355 e. The van der Waals surface area contributed by atoms with Crippen molar-refractivity contribution < 1.29 is 13.2 Å². The summed E-state index contributed by atoms with van der Waals surface area (Å²) >= 11 is 0. The molecule has 0 radical (unpaired) electrons. The first-order valence-corrected chi connectivity index (χ1v) is 7.80. The maximum atomic E-state index is 12.0. The van der Waals surface area contributed by atoms with E-state index in [9.17, 15) is 13.2 Å². The summed E-state index contributed by atoms with van der Waals surface area (Å²) < 4.78 is 26.3. The highest BCUT2D eigenvalue weighted by Gasteiger charge is 2.21.